The number of rotatable bonds is 6. The van der Waals surface area contributed by atoms with E-state index in [4.69, 9.17) is 5.14 Å². The Morgan fingerprint density at radius 2 is 2.06 bits per heavy atom. The van der Waals surface area contributed by atoms with Gasteiger partial charge < -0.3 is 0 Å². The molecular weight excluding hydrogens is 254 g/mol. The third-order valence-corrected chi connectivity index (χ3v) is 4.20. The van der Waals surface area contributed by atoms with Gasteiger partial charge >= 0.3 is 0 Å². The molecule has 0 spiro atoms. The van der Waals surface area contributed by atoms with Crippen molar-refractivity contribution in [1.82, 2.24) is 20.2 Å². The van der Waals surface area contributed by atoms with Crippen LogP contribution in [-0.4, -0.2) is 34.4 Å². The molecule has 0 bridgehead atoms. The van der Waals surface area contributed by atoms with Gasteiger partial charge in [-0.25, -0.2) is 18.2 Å². The normalized spacial score (nSPS) is 17.4. The van der Waals surface area contributed by atoms with Crippen molar-refractivity contribution in [2.45, 2.75) is 45.1 Å². The van der Waals surface area contributed by atoms with E-state index in [-0.39, 0.29) is 12.3 Å². The Morgan fingerprint density at radius 3 is 2.72 bits per heavy atom. The molecule has 1 saturated carbocycles. The van der Waals surface area contributed by atoms with Crippen LogP contribution in [0, 0.1) is 5.92 Å². The maximum absolute atomic E-state index is 10.9. The molecule has 7 nitrogen and oxygen atoms in total. The minimum atomic E-state index is -3.46. The van der Waals surface area contributed by atoms with Gasteiger partial charge in [0, 0.05) is 6.42 Å². The van der Waals surface area contributed by atoms with Crippen molar-refractivity contribution in [2.75, 3.05) is 5.75 Å². The predicted octanol–water partition coefficient (Wildman–Crippen LogP) is 0.0844. The second-order valence-corrected chi connectivity index (χ2v) is 6.61. The molecule has 1 aliphatic carbocycles. The van der Waals surface area contributed by atoms with E-state index in [2.05, 4.69) is 15.5 Å². The van der Waals surface area contributed by atoms with E-state index in [1.54, 1.807) is 4.68 Å². The number of primary sulfonamides is 1. The number of hydrogen-bond acceptors (Lipinski definition) is 5. The number of sulfonamides is 1. The summed E-state index contributed by atoms with van der Waals surface area (Å²) in [7, 11) is -3.46. The smallest absolute Gasteiger partial charge is 0.210 e. The molecule has 2 rings (SSSR count). The van der Waals surface area contributed by atoms with E-state index in [9.17, 15) is 8.42 Å². The summed E-state index contributed by atoms with van der Waals surface area (Å²) in [5.74, 6) is 1.40. The van der Waals surface area contributed by atoms with Gasteiger partial charge in [0.05, 0.1) is 12.3 Å². The summed E-state index contributed by atoms with van der Waals surface area (Å²) in [6, 6.07) is 0. The molecular formula is C10H19N5O2S. The lowest BCUT2D eigenvalue weighted by molar-refractivity contribution is 0.483. The summed E-state index contributed by atoms with van der Waals surface area (Å²) in [5, 5.41) is 16.3. The minimum Gasteiger partial charge on any atom is -0.229 e. The van der Waals surface area contributed by atoms with Gasteiger partial charge in [-0.15, -0.1) is 5.10 Å². The van der Waals surface area contributed by atoms with Gasteiger partial charge in [-0.05, 0) is 22.8 Å². The van der Waals surface area contributed by atoms with Crippen LogP contribution >= 0.6 is 0 Å². The fourth-order valence-electron chi connectivity index (χ4n) is 2.42. The Bertz CT molecular complexity index is 478. The van der Waals surface area contributed by atoms with Gasteiger partial charge in [-0.3, -0.25) is 0 Å². The van der Waals surface area contributed by atoms with Crippen LogP contribution in [-0.2, 0) is 23.0 Å². The Morgan fingerprint density at radius 1 is 1.33 bits per heavy atom. The zero-order valence-corrected chi connectivity index (χ0v) is 11.1. The Kier molecular flexibility index (Phi) is 4.28. The van der Waals surface area contributed by atoms with Crippen molar-refractivity contribution < 1.29 is 8.42 Å². The highest BCUT2D eigenvalue weighted by atomic mass is 32.2. The summed E-state index contributed by atoms with van der Waals surface area (Å²) in [6.45, 7) is 0.228. The third-order valence-electron chi connectivity index (χ3n) is 3.44. The monoisotopic (exact) mass is 273 g/mol. The van der Waals surface area contributed by atoms with Gasteiger partial charge in [0.1, 0.15) is 0 Å². The Labute approximate surface area is 107 Å². The number of nitrogens with zero attached hydrogens (tertiary/aromatic N) is 4. The van der Waals surface area contributed by atoms with Crippen molar-refractivity contribution in [1.29, 1.82) is 0 Å². The molecule has 1 aliphatic rings. The summed E-state index contributed by atoms with van der Waals surface area (Å²) in [6.07, 6.45) is 7.11. The maximum atomic E-state index is 10.9. The molecule has 0 saturated heterocycles. The molecule has 0 amide bonds. The average molecular weight is 273 g/mol. The molecule has 1 heterocycles. The molecule has 0 radical (unpaired) electrons. The van der Waals surface area contributed by atoms with Crippen molar-refractivity contribution in [3.05, 3.63) is 5.82 Å². The molecule has 0 atom stereocenters. The zero-order valence-electron chi connectivity index (χ0n) is 10.3. The highest BCUT2D eigenvalue weighted by Crippen LogP contribution is 2.28. The molecule has 0 unspecified atom stereocenters. The Hall–Kier alpha value is -1.02. The third kappa shape index (κ3) is 4.02. The van der Waals surface area contributed by atoms with Crippen molar-refractivity contribution >= 4 is 10.0 Å². The summed E-state index contributed by atoms with van der Waals surface area (Å²) >= 11 is 0. The highest BCUT2D eigenvalue weighted by molar-refractivity contribution is 7.89. The first-order valence-electron chi connectivity index (χ1n) is 6.30. The lowest BCUT2D eigenvalue weighted by atomic mass is 10.0. The van der Waals surface area contributed by atoms with Gasteiger partial charge in [0.25, 0.3) is 0 Å². The SMILES string of the molecule is NS(=O)(=O)CCn1nnnc1CCC1CCCC1. The first-order valence-corrected chi connectivity index (χ1v) is 8.01. The van der Waals surface area contributed by atoms with Crippen LogP contribution in [0.2, 0.25) is 0 Å². The van der Waals surface area contributed by atoms with Crippen LogP contribution in [0.5, 0.6) is 0 Å². The highest BCUT2D eigenvalue weighted by Gasteiger charge is 2.17. The molecule has 1 aromatic rings. The molecule has 0 aromatic carbocycles. The standard InChI is InChI=1S/C10H19N5O2S/c11-18(16,17)8-7-15-10(12-13-14-15)6-5-9-3-1-2-4-9/h9H,1-8H2,(H2,11,16,17). The molecule has 102 valence electrons. The number of nitrogens with two attached hydrogens (primary N) is 1. The summed E-state index contributed by atoms with van der Waals surface area (Å²) in [4.78, 5) is 0. The average Bonchev–Trinajstić information content (AvgIpc) is 2.94. The van der Waals surface area contributed by atoms with E-state index in [1.165, 1.54) is 25.7 Å². The molecule has 0 aliphatic heterocycles. The van der Waals surface area contributed by atoms with Crippen LogP contribution in [0.15, 0.2) is 0 Å². The first kappa shape index (κ1) is 13.4. The lowest BCUT2D eigenvalue weighted by Crippen LogP contribution is -2.22. The van der Waals surface area contributed by atoms with E-state index in [0.29, 0.717) is 0 Å². The quantitative estimate of drug-likeness (QED) is 0.790. The lowest BCUT2D eigenvalue weighted by Gasteiger charge is -2.08. The zero-order chi connectivity index (χ0) is 13.0. The fourth-order valence-corrected chi connectivity index (χ4v) is 2.85. The van der Waals surface area contributed by atoms with E-state index in [0.717, 1.165) is 24.6 Å². The summed E-state index contributed by atoms with van der Waals surface area (Å²) in [5.41, 5.74) is 0. The minimum absolute atomic E-state index is 0.130. The second kappa shape index (κ2) is 5.75. The van der Waals surface area contributed by atoms with Crippen LogP contribution in [0.25, 0.3) is 0 Å². The number of aromatic nitrogens is 4. The van der Waals surface area contributed by atoms with Gasteiger partial charge in [-0.2, -0.15) is 0 Å². The van der Waals surface area contributed by atoms with Crippen LogP contribution in [0.1, 0.15) is 37.9 Å². The fraction of sp³-hybridized carbons (Fsp3) is 0.900. The van der Waals surface area contributed by atoms with Gasteiger partial charge in [0.15, 0.2) is 5.82 Å². The van der Waals surface area contributed by atoms with Crippen LogP contribution < -0.4 is 5.14 Å². The number of tetrazole rings is 1. The van der Waals surface area contributed by atoms with Crippen LogP contribution in [0.4, 0.5) is 0 Å². The first-order chi connectivity index (χ1) is 8.54. The number of hydrogen-bond donors (Lipinski definition) is 1. The predicted molar refractivity (Wildman–Crippen MR) is 66.1 cm³/mol. The van der Waals surface area contributed by atoms with E-state index < -0.39 is 10.0 Å². The Balaban J connectivity index is 1.86. The van der Waals surface area contributed by atoms with E-state index >= 15 is 0 Å². The topological polar surface area (TPSA) is 104 Å². The molecule has 18 heavy (non-hydrogen) atoms. The molecule has 2 N–H and O–H groups in total. The van der Waals surface area contributed by atoms with Crippen molar-refractivity contribution in [3.8, 4) is 0 Å². The van der Waals surface area contributed by atoms with Crippen molar-refractivity contribution in [3.63, 3.8) is 0 Å². The van der Waals surface area contributed by atoms with E-state index in [1.807, 2.05) is 0 Å². The maximum Gasteiger partial charge on any atom is 0.210 e. The van der Waals surface area contributed by atoms with Crippen LogP contribution in [0.3, 0.4) is 0 Å². The molecule has 1 fully saturated rings. The molecule has 8 heteroatoms. The van der Waals surface area contributed by atoms with Crippen molar-refractivity contribution in [2.24, 2.45) is 11.1 Å². The second-order valence-electron chi connectivity index (χ2n) is 4.87. The molecule has 1 aromatic heterocycles. The number of aryl methyl sites for hydroxylation is 2. The summed E-state index contributed by atoms with van der Waals surface area (Å²) < 4.78 is 23.3. The largest absolute Gasteiger partial charge is 0.229 e. The van der Waals surface area contributed by atoms with Gasteiger partial charge in [-0.1, -0.05) is 25.7 Å². The van der Waals surface area contributed by atoms with Gasteiger partial charge in [0.2, 0.25) is 10.0 Å².